The summed E-state index contributed by atoms with van der Waals surface area (Å²) in [6.45, 7) is 14.2. The van der Waals surface area contributed by atoms with Crippen molar-refractivity contribution in [2.45, 2.75) is 427 Å². The van der Waals surface area contributed by atoms with Crippen LogP contribution in [0.15, 0.2) is 0 Å². The highest BCUT2D eigenvalue weighted by Gasteiger charge is 2.30. The molecule has 0 heterocycles. The van der Waals surface area contributed by atoms with Crippen molar-refractivity contribution in [3.05, 3.63) is 0 Å². The summed E-state index contributed by atoms with van der Waals surface area (Å²) in [6, 6.07) is 0. The maximum atomic E-state index is 13.1. The number of rotatable bonds is 77. The molecule has 0 rings (SSSR count). The van der Waals surface area contributed by atoms with E-state index >= 15 is 0 Å². The Hall–Kier alpha value is -1.94. The van der Waals surface area contributed by atoms with Gasteiger partial charge in [0.05, 0.1) is 26.4 Å². The Kier molecular flexibility index (Phi) is 67.8. The molecule has 17 nitrogen and oxygen atoms in total. The Morgan fingerprint density at radius 1 is 0.283 bits per heavy atom. The number of ether oxygens (including phenoxy) is 4. The lowest BCUT2D eigenvalue weighted by Gasteiger charge is -2.21. The first-order chi connectivity index (χ1) is 47.6. The Bertz CT molecular complexity index is 1940. The predicted molar refractivity (Wildman–Crippen MR) is 404 cm³/mol. The van der Waals surface area contributed by atoms with Gasteiger partial charge in [-0.3, -0.25) is 37.3 Å². The van der Waals surface area contributed by atoms with Gasteiger partial charge in [0, 0.05) is 25.7 Å². The SMILES string of the molecule is CCC(C)CCCCCCCCCCCCCCCCCCCCC(=O)OC[C@H](COP(=O)(O)OCC(O)COP(=O)(O)OC[C@@H](COC(=O)CCCCCCCCCC(C)C)OC(=O)CCCCCCCCCCCCCCCCC(C)C)OC(=O)CCCCCCCCCC(C)C. The Morgan fingerprint density at radius 2 is 0.485 bits per heavy atom. The Morgan fingerprint density at radius 3 is 0.717 bits per heavy atom. The van der Waals surface area contributed by atoms with E-state index in [0.717, 1.165) is 108 Å². The van der Waals surface area contributed by atoms with Gasteiger partial charge in [0.1, 0.15) is 19.3 Å². The minimum atomic E-state index is -4.96. The summed E-state index contributed by atoms with van der Waals surface area (Å²) in [4.78, 5) is 72.9. The molecule has 0 aromatic carbocycles. The van der Waals surface area contributed by atoms with Gasteiger partial charge in [-0.25, -0.2) is 9.13 Å². The number of phosphoric acid groups is 2. The van der Waals surface area contributed by atoms with E-state index in [0.29, 0.717) is 37.5 Å². The van der Waals surface area contributed by atoms with Crippen LogP contribution in [-0.2, 0) is 65.4 Å². The number of carbonyl (C=O) groups is 4. The smallest absolute Gasteiger partial charge is 0.462 e. The molecule has 4 unspecified atom stereocenters. The van der Waals surface area contributed by atoms with E-state index in [2.05, 4.69) is 55.4 Å². The molecular weight excluding hydrogens is 1290 g/mol. The number of hydrogen-bond acceptors (Lipinski definition) is 15. The van der Waals surface area contributed by atoms with Crippen LogP contribution in [0.5, 0.6) is 0 Å². The monoisotopic (exact) mass is 1450 g/mol. The van der Waals surface area contributed by atoms with Gasteiger partial charge < -0.3 is 33.8 Å². The van der Waals surface area contributed by atoms with Gasteiger partial charge in [0.2, 0.25) is 0 Å². The summed E-state index contributed by atoms with van der Waals surface area (Å²) in [5.74, 6) is 0.949. The fraction of sp³-hybridized carbons (Fsp3) is 0.950. The summed E-state index contributed by atoms with van der Waals surface area (Å²) >= 11 is 0. The number of esters is 4. The van der Waals surface area contributed by atoms with Crippen molar-refractivity contribution in [2.75, 3.05) is 39.6 Å². The molecule has 6 atom stereocenters. The number of hydrogen-bond donors (Lipinski definition) is 3. The second-order valence-electron chi connectivity index (χ2n) is 30.5. The molecule has 0 fully saturated rings. The zero-order chi connectivity index (χ0) is 73.1. The van der Waals surface area contributed by atoms with Crippen molar-refractivity contribution in [2.24, 2.45) is 23.7 Å². The summed E-state index contributed by atoms with van der Waals surface area (Å²) in [7, 11) is -9.92. The van der Waals surface area contributed by atoms with Crippen LogP contribution < -0.4 is 0 Å². The molecule has 0 aliphatic carbocycles. The Balaban J connectivity index is 5.13. The lowest BCUT2D eigenvalue weighted by atomic mass is 9.99. The van der Waals surface area contributed by atoms with Crippen molar-refractivity contribution in [1.29, 1.82) is 0 Å². The fourth-order valence-corrected chi connectivity index (χ4v) is 13.8. The number of aliphatic hydroxyl groups excluding tert-OH is 1. The van der Waals surface area contributed by atoms with Crippen molar-refractivity contribution < 1.29 is 80.2 Å². The van der Waals surface area contributed by atoms with Crippen LogP contribution in [-0.4, -0.2) is 96.7 Å². The maximum Gasteiger partial charge on any atom is 0.472 e. The van der Waals surface area contributed by atoms with Gasteiger partial charge in [0.15, 0.2) is 12.2 Å². The molecule has 0 aliphatic rings. The summed E-state index contributed by atoms with van der Waals surface area (Å²) in [5, 5.41) is 10.6. The zero-order valence-corrected chi connectivity index (χ0v) is 66.9. The van der Waals surface area contributed by atoms with E-state index in [1.54, 1.807) is 0 Å². The average molecular weight is 1450 g/mol. The lowest BCUT2D eigenvalue weighted by molar-refractivity contribution is -0.161. The minimum absolute atomic E-state index is 0.104. The second-order valence-corrected chi connectivity index (χ2v) is 33.4. The molecule has 0 bridgehead atoms. The Labute approximate surface area is 607 Å². The van der Waals surface area contributed by atoms with Gasteiger partial charge in [-0.05, 0) is 49.4 Å². The van der Waals surface area contributed by atoms with Crippen LogP contribution in [0.4, 0.5) is 0 Å². The third kappa shape index (κ3) is 72.8. The zero-order valence-electron chi connectivity index (χ0n) is 65.1. The van der Waals surface area contributed by atoms with E-state index in [9.17, 15) is 43.2 Å². The molecule has 0 spiro atoms. The number of phosphoric ester groups is 2. The van der Waals surface area contributed by atoms with Crippen LogP contribution >= 0.6 is 15.6 Å². The topological polar surface area (TPSA) is 237 Å². The molecule has 0 aliphatic heterocycles. The molecule has 0 aromatic rings. The van der Waals surface area contributed by atoms with Crippen molar-refractivity contribution in [3.8, 4) is 0 Å². The van der Waals surface area contributed by atoms with Crippen LogP contribution in [0.1, 0.15) is 409 Å². The van der Waals surface area contributed by atoms with Gasteiger partial charge >= 0.3 is 39.5 Å². The molecule has 0 aromatic heterocycles. The predicted octanol–water partition coefficient (Wildman–Crippen LogP) is 23.6. The first-order valence-electron chi connectivity index (χ1n) is 41.2. The largest absolute Gasteiger partial charge is 0.472 e. The van der Waals surface area contributed by atoms with Gasteiger partial charge in [-0.1, -0.05) is 357 Å². The van der Waals surface area contributed by atoms with E-state index in [-0.39, 0.29) is 25.7 Å². The third-order valence-electron chi connectivity index (χ3n) is 18.9. The van der Waals surface area contributed by atoms with Crippen molar-refractivity contribution in [3.63, 3.8) is 0 Å². The van der Waals surface area contributed by atoms with Crippen molar-refractivity contribution in [1.82, 2.24) is 0 Å². The van der Waals surface area contributed by atoms with Gasteiger partial charge in [-0.15, -0.1) is 0 Å². The fourth-order valence-electron chi connectivity index (χ4n) is 12.2. The summed E-state index contributed by atoms with van der Waals surface area (Å²) in [6.07, 6.45) is 55.8. The van der Waals surface area contributed by atoms with Crippen LogP contribution in [0.25, 0.3) is 0 Å². The third-order valence-corrected chi connectivity index (χ3v) is 20.8. The van der Waals surface area contributed by atoms with Crippen LogP contribution in [0.3, 0.4) is 0 Å². The van der Waals surface area contributed by atoms with Gasteiger partial charge in [-0.2, -0.15) is 0 Å². The second kappa shape index (κ2) is 69.1. The number of unbranched alkanes of at least 4 members (excludes halogenated alkanes) is 42. The summed E-state index contributed by atoms with van der Waals surface area (Å²) in [5.41, 5.74) is 0. The number of aliphatic hydroxyl groups is 1. The molecule has 3 N–H and O–H groups in total. The van der Waals surface area contributed by atoms with Crippen molar-refractivity contribution >= 4 is 39.5 Å². The quantitative estimate of drug-likeness (QED) is 0.0222. The van der Waals surface area contributed by atoms with Gasteiger partial charge in [0.25, 0.3) is 0 Å². The molecular formula is C80H156O17P2. The highest BCUT2D eigenvalue weighted by Crippen LogP contribution is 2.45. The molecule has 588 valence electrons. The first-order valence-corrected chi connectivity index (χ1v) is 44.2. The standard InChI is InChI=1S/C80H156O17P2/c1-9-73(8)59-51-43-35-27-23-19-14-12-10-11-13-15-20-24-28-36-44-52-60-77(82)90-66-76(97-80(85)63-55-47-39-31-34-42-50-58-72(6)7)69-95-99(88,89)93-65-74(81)64-92-98(86,87)94-68-75(67-91-78(83)61-53-45-38-30-33-41-49-57-71(4)5)96-79(84)62-54-46-37-29-25-21-17-16-18-22-26-32-40-48-56-70(2)3/h70-76,81H,9-69H2,1-8H3,(H,86,87)(H,88,89)/t73?,74?,75-,76-/m1/s1. The molecule has 0 saturated heterocycles. The molecule has 19 heteroatoms. The van der Waals surface area contributed by atoms with Crippen LogP contribution in [0.2, 0.25) is 0 Å². The lowest BCUT2D eigenvalue weighted by Crippen LogP contribution is -2.30. The highest BCUT2D eigenvalue weighted by atomic mass is 31.2. The summed E-state index contributed by atoms with van der Waals surface area (Å²) < 4.78 is 68.6. The molecule has 0 saturated carbocycles. The highest BCUT2D eigenvalue weighted by molar-refractivity contribution is 7.47. The number of carbonyl (C=O) groups excluding carboxylic acids is 4. The normalized spacial score (nSPS) is 14.3. The average Bonchev–Trinajstić information content (AvgIpc) is 1.61. The minimum Gasteiger partial charge on any atom is -0.462 e. The molecule has 0 amide bonds. The van der Waals surface area contributed by atoms with E-state index in [1.165, 1.54) is 205 Å². The molecule has 99 heavy (non-hydrogen) atoms. The van der Waals surface area contributed by atoms with E-state index in [1.807, 2.05) is 0 Å². The van der Waals surface area contributed by atoms with E-state index in [4.69, 9.17) is 37.0 Å². The maximum absolute atomic E-state index is 13.1. The first kappa shape index (κ1) is 97.1. The van der Waals surface area contributed by atoms with Crippen LogP contribution in [0, 0.1) is 23.7 Å². The van der Waals surface area contributed by atoms with E-state index < -0.39 is 97.5 Å². The molecule has 0 radical (unpaired) electrons.